The van der Waals surface area contributed by atoms with Crippen molar-refractivity contribution in [2.75, 3.05) is 25.4 Å². The molecule has 2 atom stereocenters. The van der Waals surface area contributed by atoms with Crippen molar-refractivity contribution in [1.82, 2.24) is 20.6 Å². The molecule has 4 aromatic rings. The van der Waals surface area contributed by atoms with Gasteiger partial charge in [-0.3, -0.25) is 9.59 Å². The number of fused-ring (bicyclic) bond motifs is 2. The number of nitrogens with two attached hydrogens (primary N) is 1. The lowest BCUT2D eigenvalue weighted by molar-refractivity contribution is -0.127. The topological polar surface area (TPSA) is 173 Å². The molecule has 0 unspecified atom stereocenters. The Morgan fingerprint density at radius 1 is 1.05 bits per heavy atom. The SMILES string of the molecule is CC(C)(O)CNC(=O)[C@@]1(C)COc2c1cc([C@@](C)(O)CNC(=O)c1ccc3nc(N)oc3c1)nc2-c1ccc(F)cc1. The fourth-order valence-electron chi connectivity index (χ4n) is 4.67. The van der Waals surface area contributed by atoms with Gasteiger partial charge in [-0.2, -0.15) is 4.98 Å². The maximum absolute atomic E-state index is 13.7. The zero-order valence-corrected chi connectivity index (χ0v) is 23.6. The van der Waals surface area contributed by atoms with Crippen molar-refractivity contribution < 1.29 is 33.3 Å². The molecule has 12 heteroatoms. The second-order valence-electron chi connectivity index (χ2n) is 11.5. The number of benzene rings is 2. The molecule has 0 saturated carbocycles. The van der Waals surface area contributed by atoms with E-state index < -0.39 is 28.3 Å². The van der Waals surface area contributed by atoms with Crippen LogP contribution in [0.2, 0.25) is 0 Å². The van der Waals surface area contributed by atoms with E-state index in [0.717, 1.165) is 0 Å². The molecule has 0 aliphatic carbocycles. The minimum atomic E-state index is -1.70. The molecule has 1 aliphatic rings. The van der Waals surface area contributed by atoms with Gasteiger partial charge in [-0.1, -0.05) is 0 Å². The van der Waals surface area contributed by atoms with Crippen LogP contribution in [0.4, 0.5) is 10.4 Å². The van der Waals surface area contributed by atoms with Gasteiger partial charge >= 0.3 is 0 Å². The van der Waals surface area contributed by atoms with E-state index in [4.69, 9.17) is 14.9 Å². The van der Waals surface area contributed by atoms with E-state index in [9.17, 15) is 24.2 Å². The number of carbonyl (C=O) groups excluding carboxylic acids is 2. The first-order chi connectivity index (χ1) is 19.7. The number of ether oxygens (including phenoxy) is 1. The summed E-state index contributed by atoms with van der Waals surface area (Å²) in [5.74, 6) is -0.983. The first kappa shape index (κ1) is 29.0. The van der Waals surface area contributed by atoms with Crippen LogP contribution in [0.25, 0.3) is 22.4 Å². The van der Waals surface area contributed by atoms with Crippen LogP contribution in [0.3, 0.4) is 0 Å². The third kappa shape index (κ3) is 5.63. The summed E-state index contributed by atoms with van der Waals surface area (Å²) in [5.41, 5.74) is 4.11. The van der Waals surface area contributed by atoms with Gasteiger partial charge in [-0.15, -0.1) is 0 Å². The second-order valence-corrected chi connectivity index (χ2v) is 11.5. The van der Waals surface area contributed by atoms with Crippen LogP contribution >= 0.6 is 0 Å². The van der Waals surface area contributed by atoms with Gasteiger partial charge in [0.25, 0.3) is 11.9 Å². The lowest BCUT2D eigenvalue weighted by Gasteiger charge is -2.28. The number of nitrogen functional groups attached to an aromatic ring is 1. The van der Waals surface area contributed by atoms with Crippen molar-refractivity contribution in [2.45, 2.75) is 44.3 Å². The Bertz CT molecular complexity index is 1680. The number of hydrogen-bond acceptors (Lipinski definition) is 9. The molecule has 0 saturated heterocycles. The van der Waals surface area contributed by atoms with Crippen LogP contribution in [-0.2, 0) is 15.8 Å². The van der Waals surface area contributed by atoms with Crippen LogP contribution in [0.15, 0.2) is 52.9 Å². The monoisotopic (exact) mass is 577 g/mol. The highest BCUT2D eigenvalue weighted by Gasteiger charge is 2.46. The van der Waals surface area contributed by atoms with Crippen molar-refractivity contribution in [2.24, 2.45) is 0 Å². The lowest BCUT2D eigenvalue weighted by Crippen LogP contribution is -2.48. The molecule has 5 rings (SSSR count). The third-order valence-electron chi connectivity index (χ3n) is 7.19. The first-order valence-corrected chi connectivity index (χ1v) is 13.3. The molecule has 220 valence electrons. The Labute approximate surface area is 240 Å². The summed E-state index contributed by atoms with van der Waals surface area (Å²) in [6.07, 6.45) is 0. The zero-order valence-electron chi connectivity index (χ0n) is 23.6. The quantitative estimate of drug-likeness (QED) is 0.211. The van der Waals surface area contributed by atoms with E-state index in [1.807, 2.05) is 0 Å². The summed E-state index contributed by atoms with van der Waals surface area (Å²) in [7, 11) is 0. The molecular formula is C30H32FN5O6. The van der Waals surface area contributed by atoms with Crippen molar-refractivity contribution in [3.63, 3.8) is 0 Å². The smallest absolute Gasteiger partial charge is 0.292 e. The number of pyridine rings is 1. The van der Waals surface area contributed by atoms with Gasteiger partial charge in [-0.05, 0) is 76.2 Å². The number of hydrogen-bond donors (Lipinski definition) is 5. The fraction of sp³-hybridized carbons (Fsp3) is 0.333. The van der Waals surface area contributed by atoms with Crippen molar-refractivity contribution in [1.29, 1.82) is 0 Å². The number of oxazole rings is 1. The summed E-state index contributed by atoms with van der Waals surface area (Å²) in [6.45, 7) is 6.09. The van der Waals surface area contributed by atoms with E-state index in [-0.39, 0.29) is 42.9 Å². The van der Waals surface area contributed by atoms with Crippen LogP contribution in [-0.4, -0.2) is 57.3 Å². The summed E-state index contributed by atoms with van der Waals surface area (Å²) < 4.78 is 25.0. The van der Waals surface area contributed by atoms with Gasteiger partial charge in [-0.25, -0.2) is 9.37 Å². The number of aliphatic hydroxyl groups is 2. The summed E-state index contributed by atoms with van der Waals surface area (Å²) in [5, 5.41) is 27.2. The predicted octanol–water partition coefficient (Wildman–Crippen LogP) is 2.79. The first-order valence-electron chi connectivity index (χ1n) is 13.3. The molecule has 3 heterocycles. The van der Waals surface area contributed by atoms with Crippen molar-refractivity contribution in [3.05, 3.63) is 71.2 Å². The largest absolute Gasteiger partial charge is 0.489 e. The number of rotatable bonds is 8. The van der Waals surface area contributed by atoms with Crippen LogP contribution in [0.5, 0.6) is 5.75 Å². The van der Waals surface area contributed by atoms with Crippen LogP contribution in [0, 0.1) is 5.82 Å². The van der Waals surface area contributed by atoms with E-state index in [1.165, 1.54) is 37.3 Å². The lowest BCUT2D eigenvalue weighted by atomic mass is 9.81. The molecular weight excluding hydrogens is 545 g/mol. The molecule has 6 N–H and O–H groups in total. The molecule has 2 aromatic carbocycles. The highest BCUT2D eigenvalue weighted by molar-refractivity contribution is 5.97. The molecule has 0 spiro atoms. The Balaban J connectivity index is 1.48. The molecule has 0 fully saturated rings. The van der Waals surface area contributed by atoms with E-state index in [1.54, 1.807) is 39.0 Å². The molecule has 42 heavy (non-hydrogen) atoms. The van der Waals surface area contributed by atoms with Gasteiger partial charge in [0.1, 0.15) is 40.4 Å². The zero-order chi connectivity index (χ0) is 30.4. The van der Waals surface area contributed by atoms with Crippen LogP contribution < -0.4 is 21.1 Å². The van der Waals surface area contributed by atoms with Gasteiger partial charge in [0.05, 0.1) is 17.8 Å². The normalized spacial score (nSPS) is 17.8. The van der Waals surface area contributed by atoms with Gasteiger partial charge in [0, 0.05) is 23.2 Å². The van der Waals surface area contributed by atoms with E-state index in [2.05, 4.69) is 20.6 Å². The minimum absolute atomic E-state index is 0.00964. The molecule has 0 bridgehead atoms. The Morgan fingerprint density at radius 2 is 1.76 bits per heavy atom. The highest BCUT2D eigenvalue weighted by atomic mass is 19.1. The number of nitrogens with one attached hydrogen (secondary N) is 2. The van der Waals surface area contributed by atoms with Crippen LogP contribution in [0.1, 0.15) is 49.3 Å². The summed E-state index contributed by atoms with van der Waals surface area (Å²) in [6, 6.07) is 11.8. The Morgan fingerprint density at radius 3 is 2.45 bits per heavy atom. The third-order valence-corrected chi connectivity index (χ3v) is 7.19. The second kappa shape index (κ2) is 10.4. The number of carbonyl (C=O) groups is 2. The predicted molar refractivity (Wildman–Crippen MR) is 152 cm³/mol. The Kier molecular flexibility index (Phi) is 7.15. The number of amides is 2. The Hall–Kier alpha value is -4.55. The maximum Gasteiger partial charge on any atom is 0.292 e. The molecule has 2 aromatic heterocycles. The van der Waals surface area contributed by atoms with E-state index in [0.29, 0.717) is 33.7 Å². The molecule has 0 radical (unpaired) electrons. The van der Waals surface area contributed by atoms with Crippen molar-refractivity contribution in [3.8, 4) is 17.0 Å². The molecule has 1 aliphatic heterocycles. The number of anilines is 1. The average Bonchev–Trinajstić information content (AvgIpc) is 3.49. The molecule has 2 amide bonds. The molecule has 11 nitrogen and oxygen atoms in total. The number of halogens is 1. The van der Waals surface area contributed by atoms with E-state index >= 15 is 0 Å². The summed E-state index contributed by atoms with van der Waals surface area (Å²) in [4.78, 5) is 35.0. The standard InChI is InChI=1S/C30H32FN5O6/c1-28(2,39)13-34-26(38)29(3)15-41-24-19(29)12-22(36-23(24)16-5-8-18(31)9-6-16)30(4,40)14-33-25(37)17-7-10-20-21(11-17)42-27(32)35-20/h5-12,39-40H,13-15H2,1-4H3,(H2,32,35)(H,33,37)(H,34,38)/t29-,30-/m0/s1. The number of nitrogens with zero attached hydrogens (tertiary/aromatic N) is 2. The van der Waals surface area contributed by atoms with Gasteiger partial charge in [0.15, 0.2) is 5.58 Å². The fourth-order valence-corrected chi connectivity index (χ4v) is 4.67. The average molecular weight is 578 g/mol. The minimum Gasteiger partial charge on any atom is -0.489 e. The number of aromatic nitrogens is 2. The summed E-state index contributed by atoms with van der Waals surface area (Å²) >= 11 is 0. The highest BCUT2D eigenvalue weighted by Crippen LogP contribution is 2.45. The van der Waals surface area contributed by atoms with Gasteiger partial charge < -0.3 is 35.7 Å². The van der Waals surface area contributed by atoms with Gasteiger partial charge in [0.2, 0.25) is 5.91 Å². The maximum atomic E-state index is 13.7. The van der Waals surface area contributed by atoms with Crippen molar-refractivity contribution >= 4 is 28.9 Å².